The fraction of sp³-hybridized carbons (Fsp3) is 0.0476. The zero-order chi connectivity index (χ0) is 17.6. The van der Waals surface area contributed by atoms with Crippen LogP contribution in [0.25, 0.3) is 16.5 Å². The third kappa shape index (κ3) is 3.95. The largest absolute Gasteiger partial charge is 0.462 e. The SMILES string of the molecule is CC1=CC(=C(C#N)C#N)C=C(/C=C/c2ccc(-c3cccs3)cc2)O1. The van der Waals surface area contributed by atoms with Crippen LogP contribution in [-0.2, 0) is 4.74 Å². The van der Waals surface area contributed by atoms with Gasteiger partial charge >= 0.3 is 0 Å². The third-order valence-electron chi connectivity index (χ3n) is 3.60. The molecular formula is C21H14N2OS. The molecule has 0 atom stereocenters. The zero-order valence-electron chi connectivity index (χ0n) is 13.6. The molecule has 3 rings (SSSR count). The van der Waals surface area contributed by atoms with Crippen molar-refractivity contribution in [3.63, 3.8) is 0 Å². The Morgan fingerprint density at radius 3 is 2.44 bits per heavy atom. The van der Waals surface area contributed by atoms with Crippen LogP contribution in [0.5, 0.6) is 0 Å². The van der Waals surface area contributed by atoms with Crippen molar-refractivity contribution in [2.24, 2.45) is 0 Å². The van der Waals surface area contributed by atoms with Gasteiger partial charge in [0.05, 0.1) is 0 Å². The molecule has 0 spiro atoms. The highest BCUT2D eigenvalue weighted by Crippen LogP contribution is 2.26. The second-order valence-electron chi connectivity index (χ2n) is 5.39. The van der Waals surface area contributed by atoms with Gasteiger partial charge in [0.1, 0.15) is 29.2 Å². The quantitative estimate of drug-likeness (QED) is 0.683. The molecule has 4 heteroatoms. The first kappa shape index (κ1) is 16.5. The lowest BCUT2D eigenvalue weighted by atomic mass is 10.1. The highest BCUT2D eigenvalue weighted by Gasteiger charge is 2.10. The molecule has 0 saturated carbocycles. The molecule has 0 fully saturated rings. The molecule has 2 heterocycles. The summed E-state index contributed by atoms with van der Waals surface area (Å²) in [5, 5.41) is 20.1. The van der Waals surface area contributed by atoms with E-state index in [0.717, 1.165) is 5.56 Å². The van der Waals surface area contributed by atoms with Crippen LogP contribution in [0.2, 0.25) is 0 Å². The molecule has 0 aliphatic carbocycles. The molecular weight excluding hydrogens is 328 g/mol. The van der Waals surface area contributed by atoms with Crippen LogP contribution < -0.4 is 0 Å². The summed E-state index contributed by atoms with van der Waals surface area (Å²) in [6.07, 6.45) is 7.17. The molecule has 0 bridgehead atoms. The standard InChI is InChI=1S/C21H14N2OS/c1-15-11-18(19(13-22)14-23)12-20(24-15)9-6-16-4-7-17(8-5-16)21-3-2-10-25-21/h2-12H,1H3/b9-6+. The third-order valence-corrected chi connectivity index (χ3v) is 4.52. The molecule has 2 aromatic rings. The van der Waals surface area contributed by atoms with Crippen LogP contribution in [0.1, 0.15) is 12.5 Å². The molecule has 0 saturated heterocycles. The minimum absolute atomic E-state index is 0.0776. The Morgan fingerprint density at radius 2 is 1.80 bits per heavy atom. The van der Waals surface area contributed by atoms with E-state index in [1.54, 1.807) is 30.4 Å². The number of allylic oxidation sites excluding steroid dienone is 6. The van der Waals surface area contributed by atoms with Gasteiger partial charge in [-0.25, -0.2) is 0 Å². The van der Waals surface area contributed by atoms with Gasteiger partial charge < -0.3 is 4.74 Å². The second-order valence-corrected chi connectivity index (χ2v) is 6.34. The summed E-state index contributed by atoms with van der Waals surface area (Å²) < 4.78 is 5.64. The number of thiophene rings is 1. The maximum Gasteiger partial charge on any atom is 0.137 e. The molecule has 0 amide bonds. The number of benzene rings is 1. The van der Waals surface area contributed by atoms with Crippen molar-refractivity contribution in [2.45, 2.75) is 6.92 Å². The number of nitrogens with zero attached hydrogens (tertiary/aromatic N) is 2. The van der Waals surface area contributed by atoms with E-state index in [1.807, 2.05) is 42.5 Å². The molecule has 0 radical (unpaired) electrons. The smallest absolute Gasteiger partial charge is 0.137 e. The first-order valence-electron chi connectivity index (χ1n) is 7.64. The fourth-order valence-electron chi connectivity index (χ4n) is 2.42. The van der Waals surface area contributed by atoms with Gasteiger partial charge in [-0.15, -0.1) is 11.3 Å². The van der Waals surface area contributed by atoms with Gasteiger partial charge in [-0.3, -0.25) is 0 Å². The number of ether oxygens (including phenoxy) is 1. The van der Waals surface area contributed by atoms with E-state index in [-0.39, 0.29) is 5.57 Å². The van der Waals surface area contributed by atoms with Gasteiger partial charge in [-0.1, -0.05) is 36.4 Å². The summed E-state index contributed by atoms with van der Waals surface area (Å²) in [7, 11) is 0. The lowest BCUT2D eigenvalue weighted by molar-refractivity contribution is 0.318. The first-order chi connectivity index (χ1) is 12.2. The van der Waals surface area contributed by atoms with Crippen LogP contribution in [0.3, 0.4) is 0 Å². The molecule has 1 aliphatic rings. The van der Waals surface area contributed by atoms with E-state index in [9.17, 15) is 0 Å². The predicted octanol–water partition coefficient (Wildman–Crippen LogP) is 5.59. The summed E-state index contributed by atoms with van der Waals surface area (Å²) in [5.74, 6) is 1.24. The Bertz CT molecular complexity index is 960. The van der Waals surface area contributed by atoms with Crippen LogP contribution in [0, 0.1) is 22.7 Å². The van der Waals surface area contributed by atoms with Crippen molar-refractivity contribution < 1.29 is 4.74 Å². The van der Waals surface area contributed by atoms with Gasteiger partial charge in [-0.2, -0.15) is 10.5 Å². The molecule has 1 aliphatic heterocycles. The monoisotopic (exact) mass is 342 g/mol. The van der Waals surface area contributed by atoms with Crippen molar-refractivity contribution in [1.29, 1.82) is 10.5 Å². The normalized spacial score (nSPS) is 13.5. The van der Waals surface area contributed by atoms with Crippen LogP contribution >= 0.6 is 11.3 Å². The molecule has 25 heavy (non-hydrogen) atoms. The Kier molecular flexibility index (Phi) is 4.95. The minimum Gasteiger partial charge on any atom is -0.462 e. The maximum absolute atomic E-state index is 9.02. The molecule has 1 aromatic heterocycles. The lowest BCUT2D eigenvalue weighted by Crippen LogP contribution is -1.97. The van der Waals surface area contributed by atoms with E-state index in [0.29, 0.717) is 17.1 Å². The van der Waals surface area contributed by atoms with Crippen molar-refractivity contribution in [2.75, 3.05) is 0 Å². The Hall–Kier alpha value is -3.34. The average Bonchev–Trinajstić information content (AvgIpc) is 3.16. The average molecular weight is 342 g/mol. The number of hydrogen-bond donors (Lipinski definition) is 0. The van der Waals surface area contributed by atoms with E-state index in [4.69, 9.17) is 15.3 Å². The van der Waals surface area contributed by atoms with Crippen molar-refractivity contribution >= 4 is 17.4 Å². The summed E-state index contributed by atoms with van der Waals surface area (Å²) in [6.45, 7) is 1.79. The van der Waals surface area contributed by atoms with Crippen molar-refractivity contribution in [1.82, 2.24) is 0 Å². The van der Waals surface area contributed by atoms with Gasteiger partial charge in [0.2, 0.25) is 0 Å². The van der Waals surface area contributed by atoms with Crippen molar-refractivity contribution in [3.05, 3.63) is 88.2 Å². The number of hydrogen-bond acceptors (Lipinski definition) is 4. The Morgan fingerprint density at radius 1 is 1.04 bits per heavy atom. The highest BCUT2D eigenvalue weighted by molar-refractivity contribution is 7.13. The van der Waals surface area contributed by atoms with Gasteiger partial charge in [0, 0.05) is 10.5 Å². The predicted molar refractivity (Wildman–Crippen MR) is 100.0 cm³/mol. The summed E-state index contributed by atoms with van der Waals surface area (Å²) >= 11 is 1.71. The molecule has 1 aromatic carbocycles. The molecule has 0 N–H and O–H groups in total. The summed E-state index contributed by atoms with van der Waals surface area (Å²) in [4.78, 5) is 1.24. The van der Waals surface area contributed by atoms with Gasteiger partial charge in [-0.05, 0) is 47.7 Å². The first-order valence-corrected chi connectivity index (χ1v) is 8.52. The topological polar surface area (TPSA) is 56.8 Å². The number of nitriles is 2. The maximum atomic E-state index is 9.02. The molecule has 3 nitrogen and oxygen atoms in total. The highest BCUT2D eigenvalue weighted by atomic mass is 32.1. The van der Waals surface area contributed by atoms with Gasteiger partial charge in [0.25, 0.3) is 0 Å². The van der Waals surface area contributed by atoms with E-state index < -0.39 is 0 Å². The lowest BCUT2D eigenvalue weighted by Gasteiger charge is -2.13. The minimum atomic E-state index is 0.0776. The van der Waals surface area contributed by atoms with Crippen molar-refractivity contribution in [3.8, 4) is 22.6 Å². The zero-order valence-corrected chi connectivity index (χ0v) is 14.4. The van der Waals surface area contributed by atoms with E-state index in [2.05, 4.69) is 23.6 Å². The van der Waals surface area contributed by atoms with Crippen LogP contribution in [-0.4, -0.2) is 0 Å². The van der Waals surface area contributed by atoms with E-state index in [1.165, 1.54) is 10.4 Å². The summed E-state index contributed by atoms with van der Waals surface area (Å²) in [5.41, 5.74) is 2.88. The van der Waals surface area contributed by atoms with Crippen LogP contribution in [0.15, 0.2) is 82.7 Å². The Labute approximate surface area is 150 Å². The van der Waals surface area contributed by atoms with E-state index >= 15 is 0 Å². The molecule has 120 valence electrons. The number of rotatable bonds is 3. The van der Waals surface area contributed by atoms with Gasteiger partial charge in [0.15, 0.2) is 0 Å². The summed E-state index contributed by atoms with van der Waals surface area (Å²) in [6, 6.07) is 16.2. The Balaban J connectivity index is 1.81. The molecule has 0 unspecified atom stereocenters. The fourth-order valence-corrected chi connectivity index (χ4v) is 3.15. The second kappa shape index (κ2) is 7.49. The van der Waals surface area contributed by atoms with Crippen LogP contribution in [0.4, 0.5) is 0 Å².